The minimum absolute atomic E-state index is 0.133. The number of aliphatic hydroxyl groups excluding tert-OH is 1. The molecule has 82 valence electrons. The zero-order valence-corrected chi connectivity index (χ0v) is 12.8. The van der Waals surface area contributed by atoms with Gasteiger partial charge in [-0.15, -0.1) is 0 Å². The Bertz CT molecular complexity index is 541. The summed E-state index contributed by atoms with van der Waals surface area (Å²) in [5.41, 5.74) is 5.03. The van der Waals surface area contributed by atoms with E-state index in [0.717, 1.165) is 0 Å². The van der Waals surface area contributed by atoms with Crippen molar-refractivity contribution in [2.24, 2.45) is 0 Å². The third kappa shape index (κ3) is 1.82. The van der Waals surface area contributed by atoms with E-state index in [-0.39, 0.29) is 12.5 Å². The molecular weight excluding hydrogens is 334 g/mol. The fourth-order valence-corrected chi connectivity index (χ4v) is 3.43. The average molecular weight is 344 g/mol. The van der Waals surface area contributed by atoms with Crippen LogP contribution in [0.2, 0.25) is 0 Å². The number of benzene rings is 2. The van der Waals surface area contributed by atoms with E-state index in [0.29, 0.717) is 0 Å². The summed E-state index contributed by atoms with van der Waals surface area (Å²) in [6, 6.07) is 12.9. The number of aliphatic hydroxyl groups is 1. The standard InChI is InChI=1S/C14H10As2O/c15-8-1-3-10-11-4-2-9(16)6-13(11)14(7-17)12(10)5-8/h1-6,14,17H,7H2. The van der Waals surface area contributed by atoms with Crippen molar-refractivity contribution in [1.29, 1.82) is 0 Å². The summed E-state index contributed by atoms with van der Waals surface area (Å²) >= 11 is 5.13. The Labute approximate surface area is 118 Å². The number of hydrogen-bond donors (Lipinski definition) is 1. The van der Waals surface area contributed by atoms with Crippen molar-refractivity contribution in [3.63, 3.8) is 0 Å². The molecule has 0 saturated heterocycles. The molecule has 1 aliphatic rings. The van der Waals surface area contributed by atoms with Crippen LogP contribution in [-0.4, -0.2) is 45.4 Å². The van der Waals surface area contributed by atoms with Gasteiger partial charge in [0.15, 0.2) is 0 Å². The second-order valence-electron chi connectivity index (χ2n) is 4.28. The van der Waals surface area contributed by atoms with Gasteiger partial charge in [0, 0.05) is 0 Å². The second kappa shape index (κ2) is 4.32. The van der Waals surface area contributed by atoms with Gasteiger partial charge in [0.25, 0.3) is 0 Å². The van der Waals surface area contributed by atoms with E-state index in [9.17, 15) is 5.11 Å². The molecule has 0 aromatic heterocycles. The van der Waals surface area contributed by atoms with E-state index in [1.54, 1.807) is 0 Å². The van der Waals surface area contributed by atoms with E-state index in [4.69, 9.17) is 0 Å². The molecule has 1 nitrogen and oxygen atoms in total. The van der Waals surface area contributed by atoms with Crippen LogP contribution in [0.25, 0.3) is 11.1 Å². The monoisotopic (exact) mass is 344 g/mol. The zero-order valence-electron chi connectivity index (χ0n) is 9.09. The fourth-order valence-electron chi connectivity index (χ4n) is 2.53. The van der Waals surface area contributed by atoms with E-state index >= 15 is 0 Å². The van der Waals surface area contributed by atoms with Crippen LogP contribution >= 0.6 is 0 Å². The van der Waals surface area contributed by atoms with Gasteiger partial charge in [-0.3, -0.25) is 0 Å². The molecule has 1 aliphatic carbocycles. The van der Waals surface area contributed by atoms with Crippen molar-refractivity contribution in [2.45, 2.75) is 5.92 Å². The third-order valence-electron chi connectivity index (χ3n) is 3.29. The molecule has 0 amide bonds. The first-order valence-electron chi connectivity index (χ1n) is 5.48. The van der Waals surface area contributed by atoms with Gasteiger partial charge in [-0.05, 0) is 0 Å². The molecule has 0 atom stereocenters. The zero-order chi connectivity index (χ0) is 12.0. The fraction of sp³-hybridized carbons (Fsp3) is 0.143. The first-order valence-corrected chi connectivity index (χ1v) is 7.35. The van der Waals surface area contributed by atoms with Gasteiger partial charge < -0.3 is 0 Å². The maximum atomic E-state index is 9.63. The molecular formula is C14H10As2O. The van der Waals surface area contributed by atoms with Crippen molar-refractivity contribution in [1.82, 2.24) is 0 Å². The summed E-state index contributed by atoms with van der Waals surface area (Å²) < 4.78 is 2.38. The van der Waals surface area contributed by atoms with E-state index in [2.05, 4.69) is 70.1 Å². The van der Waals surface area contributed by atoms with E-state index in [1.165, 1.54) is 31.0 Å². The van der Waals surface area contributed by atoms with Gasteiger partial charge in [0.2, 0.25) is 0 Å². The molecule has 0 fully saturated rings. The minimum atomic E-state index is 0.133. The van der Waals surface area contributed by atoms with Gasteiger partial charge in [-0.2, -0.15) is 0 Å². The van der Waals surface area contributed by atoms with Crippen molar-refractivity contribution in [3.05, 3.63) is 47.5 Å². The number of rotatable bonds is 1. The normalized spacial score (nSPS) is 13.6. The molecule has 3 heteroatoms. The van der Waals surface area contributed by atoms with Crippen LogP contribution in [0, 0.1) is 0 Å². The van der Waals surface area contributed by atoms with Crippen LogP contribution in [0.1, 0.15) is 17.0 Å². The van der Waals surface area contributed by atoms with Crippen LogP contribution in [0.5, 0.6) is 0 Å². The predicted octanol–water partition coefficient (Wildman–Crippen LogP) is 0.379. The van der Waals surface area contributed by atoms with E-state index < -0.39 is 0 Å². The molecule has 0 saturated carbocycles. The van der Waals surface area contributed by atoms with Crippen LogP contribution < -0.4 is 8.70 Å². The van der Waals surface area contributed by atoms with Crippen LogP contribution in [0.3, 0.4) is 0 Å². The Hall–Kier alpha value is -0.483. The molecule has 1 N–H and O–H groups in total. The molecule has 2 aromatic carbocycles. The molecule has 0 unspecified atom stereocenters. The van der Waals surface area contributed by atoms with Crippen LogP contribution in [0.15, 0.2) is 36.4 Å². The summed E-state index contributed by atoms with van der Waals surface area (Å²) in [4.78, 5) is 0. The van der Waals surface area contributed by atoms with Crippen LogP contribution in [-0.2, 0) is 0 Å². The molecule has 4 radical (unpaired) electrons. The van der Waals surface area contributed by atoms with Gasteiger partial charge in [-0.25, -0.2) is 0 Å². The van der Waals surface area contributed by atoms with Crippen molar-refractivity contribution >= 4 is 42.4 Å². The molecule has 0 aliphatic heterocycles. The second-order valence-corrected chi connectivity index (χ2v) is 6.45. The Morgan fingerprint density at radius 3 is 1.76 bits per heavy atom. The SMILES string of the molecule is OCC1c2cc([As])ccc2-c2ccc([As])cc21. The van der Waals surface area contributed by atoms with Crippen molar-refractivity contribution in [3.8, 4) is 11.1 Å². The van der Waals surface area contributed by atoms with Gasteiger partial charge >= 0.3 is 119 Å². The van der Waals surface area contributed by atoms with Gasteiger partial charge in [0.05, 0.1) is 0 Å². The summed E-state index contributed by atoms with van der Waals surface area (Å²) in [7, 11) is 0. The predicted molar refractivity (Wildman–Crippen MR) is 71.6 cm³/mol. The molecule has 0 bridgehead atoms. The molecule has 3 rings (SSSR count). The Morgan fingerprint density at radius 2 is 1.35 bits per heavy atom. The molecule has 17 heavy (non-hydrogen) atoms. The summed E-state index contributed by atoms with van der Waals surface area (Å²) in [5.74, 6) is 0.133. The van der Waals surface area contributed by atoms with Gasteiger partial charge in [0.1, 0.15) is 0 Å². The molecule has 2 aromatic rings. The Morgan fingerprint density at radius 1 is 0.882 bits per heavy atom. The number of fused-ring (bicyclic) bond motifs is 3. The molecule has 0 heterocycles. The summed E-state index contributed by atoms with van der Waals surface area (Å²) in [6.07, 6.45) is 0. The van der Waals surface area contributed by atoms with E-state index in [1.807, 2.05) is 0 Å². The Balaban J connectivity index is 2.28. The third-order valence-corrected chi connectivity index (χ3v) is 4.46. The van der Waals surface area contributed by atoms with Gasteiger partial charge in [-0.1, -0.05) is 0 Å². The van der Waals surface area contributed by atoms with Crippen LogP contribution in [0.4, 0.5) is 0 Å². The first kappa shape index (κ1) is 11.6. The summed E-state index contributed by atoms with van der Waals surface area (Å²) in [6.45, 7) is 0.174. The quantitative estimate of drug-likeness (QED) is 0.742. The maximum absolute atomic E-state index is 9.63. The Kier molecular flexibility index (Phi) is 2.95. The van der Waals surface area contributed by atoms with Crippen molar-refractivity contribution in [2.75, 3.05) is 6.61 Å². The topological polar surface area (TPSA) is 20.2 Å². The molecule has 0 spiro atoms. The number of hydrogen-bond acceptors (Lipinski definition) is 1. The van der Waals surface area contributed by atoms with Crippen molar-refractivity contribution < 1.29 is 5.11 Å². The summed E-state index contributed by atoms with van der Waals surface area (Å²) in [5, 5.41) is 9.63. The first-order chi connectivity index (χ1) is 8.20. The average Bonchev–Trinajstić information content (AvgIpc) is 2.60.